The normalized spacial score (nSPS) is 23.1. The Hall–Kier alpha value is 0.390. The minimum atomic E-state index is 0.0760. The van der Waals surface area contributed by atoms with Crippen LogP contribution in [0.25, 0.3) is 0 Å². The van der Waals surface area contributed by atoms with Crippen molar-refractivity contribution in [3.05, 3.63) is 11.6 Å². The summed E-state index contributed by atoms with van der Waals surface area (Å²) in [7, 11) is 0. The Bertz CT molecular complexity index is 235. The van der Waals surface area contributed by atoms with Crippen LogP contribution < -0.4 is 0 Å². The maximum atomic E-state index is 5.76. The molecule has 0 aromatic carbocycles. The molecule has 0 saturated carbocycles. The van der Waals surface area contributed by atoms with E-state index in [2.05, 4.69) is 42.5 Å². The first kappa shape index (κ1) is 16.4. The van der Waals surface area contributed by atoms with Crippen LogP contribution in [0.3, 0.4) is 0 Å². The monoisotopic (exact) mass is 366 g/mol. The minimum absolute atomic E-state index is 0.0760. The van der Waals surface area contributed by atoms with Crippen molar-refractivity contribution in [2.75, 3.05) is 17.6 Å². The molecule has 1 aliphatic rings. The third kappa shape index (κ3) is 7.74. The molecule has 1 rings (SSSR count). The molecule has 3 heteroatoms. The second-order valence-electron chi connectivity index (χ2n) is 5.32. The molecule has 1 saturated heterocycles. The van der Waals surface area contributed by atoms with Gasteiger partial charge in [0.1, 0.15) is 0 Å². The molecule has 18 heavy (non-hydrogen) atoms. The fourth-order valence-electron chi connectivity index (χ4n) is 2.06. The van der Waals surface area contributed by atoms with E-state index in [-0.39, 0.29) is 6.29 Å². The van der Waals surface area contributed by atoms with E-state index in [1.54, 1.807) is 0 Å². The van der Waals surface area contributed by atoms with Crippen LogP contribution >= 0.6 is 22.6 Å². The van der Waals surface area contributed by atoms with Gasteiger partial charge in [-0.2, -0.15) is 0 Å². The summed E-state index contributed by atoms with van der Waals surface area (Å²) >= 11 is 2.42. The predicted molar refractivity (Wildman–Crippen MR) is 85.2 cm³/mol. The Balaban J connectivity index is 2.00. The lowest BCUT2D eigenvalue weighted by molar-refractivity contribution is -0.163. The van der Waals surface area contributed by atoms with Crippen LogP contribution in [0.5, 0.6) is 0 Å². The van der Waals surface area contributed by atoms with Crippen LogP contribution in [-0.4, -0.2) is 23.9 Å². The van der Waals surface area contributed by atoms with Gasteiger partial charge in [0.25, 0.3) is 0 Å². The van der Waals surface area contributed by atoms with E-state index < -0.39 is 0 Å². The molecular formula is C15H27IO2. The first-order valence-electron chi connectivity index (χ1n) is 7.17. The van der Waals surface area contributed by atoms with Crippen molar-refractivity contribution in [3.8, 4) is 0 Å². The molecular weight excluding hydrogens is 339 g/mol. The number of alkyl halides is 1. The van der Waals surface area contributed by atoms with Gasteiger partial charge in [-0.1, -0.05) is 41.2 Å². The molecule has 2 atom stereocenters. The summed E-state index contributed by atoms with van der Waals surface area (Å²) in [4.78, 5) is 0. The largest absolute Gasteiger partial charge is 0.353 e. The van der Waals surface area contributed by atoms with Gasteiger partial charge in [-0.15, -0.1) is 0 Å². The molecule has 0 amide bonds. The van der Waals surface area contributed by atoms with Crippen molar-refractivity contribution in [2.45, 2.75) is 58.7 Å². The SMILES string of the molecule is CC(=CCCC(C)CCOC1CCCCO1)CI. The fourth-order valence-corrected chi connectivity index (χ4v) is 2.37. The summed E-state index contributed by atoms with van der Waals surface area (Å²) in [5.74, 6) is 0.742. The van der Waals surface area contributed by atoms with Crippen molar-refractivity contribution in [1.29, 1.82) is 0 Å². The third-order valence-electron chi connectivity index (χ3n) is 3.42. The first-order valence-corrected chi connectivity index (χ1v) is 8.69. The van der Waals surface area contributed by atoms with Crippen LogP contribution in [0.4, 0.5) is 0 Å². The maximum absolute atomic E-state index is 5.76. The van der Waals surface area contributed by atoms with Gasteiger partial charge in [0.05, 0.1) is 0 Å². The molecule has 1 aliphatic heterocycles. The fraction of sp³-hybridized carbons (Fsp3) is 0.867. The van der Waals surface area contributed by atoms with Crippen molar-refractivity contribution in [2.24, 2.45) is 5.92 Å². The van der Waals surface area contributed by atoms with Crippen LogP contribution in [-0.2, 0) is 9.47 Å². The van der Waals surface area contributed by atoms with Crippen LogP contribution in [0.15, 0.2) is 11.6 Å². The van der Waals surface area contributed by atoms with Crippen LogP contribution in [0.2, 0.25) is 0 Å². The van der Waals surface area contributed by atoms with Crippen LogP contribution in [0, 0.1) is 5.92 Å². The lowest BCUT2D eigenvalue weighted by Crippen LogP contribution is -2.23. The van der Waals surface area contributed by atoms with E-state index in [9.17, 15) is 0 Å². The molecule has 1 heterocycles. The smallest absolute Gasteiger partial charge is 0.157 e. The highest BCUT2D eigenvalue weighted by Crippen LogP contribution is 2.16. The van der Waals surface area contributed by atoms with Gasteiger partial charge >= 0.3 is 0 Å². The average molecular weight is 366 g/mol. The molecule has 0 aliphatic carbocycles. The second kappa shape index (κ2) is 10.2. The topological polar surface area (TPSA) is 18.5 Å². The maximum Gasteiger partial charge on any atom is 0.157 e. The van der Waals surface area contributed by atoms with Gasteiger partial charge in [-0.25, -0.2) is 0 Å². The highest BCUT2D eigenvalue weighted by molar-refractivity contribution is 14.1. The number of halogens is 1. The van der Waals surface area contributed by atoms with Crippen molar-refractivity contribution in [3.63, 3.8) is 0 Å². The highest BCUT2D eigenvalue weighted by Gasteiger charge is 2.14. The van der Waals surface area contributed by atoms with Crippen molar-refractivity contribution < 1.29 is 9.47 Å². The molecule has 2 nitrogen and oxygen atoms in total. The van der Waals surface area contributed by atoms with E-state index in [1.807, 2.05) is 0 Å². The summed E-state index contributed by atoms with van der Waals surface area (Å²) in [5.41, 5.74) is 1.50. The number of ether oxygens (including phenoxy) is 2. The third-order valence-corrected chi connectivity index (χ3v) is 4.62. The van der Waals surface area contributed by atoms with E-state index in [0.29, 0.717) is 0 Å². The molecule has 0 bridgehead atoms. The summed E-state index contributed by atoms with van der Waals surface area (Å²) in [6.45, 7) is 6.25. The predicted octanol–water partition coefficient (Wildman–Crippen LogP) is 4.72. The molecule has 0 aromatic rings. The second-order valence-corrected chi connectivity index (χ2v) is 6.09. The lowest BCUT2D eigenvalue weighted by atomic mass is 10.0. The Kier molecular flexibility index (Phi) is 9.33. The van der Waals surface area contributed by atoms with Gasteiger partial charge in [-0.05, 0) is 51.4 Å². The lowest BCUT2D eigenvalue weighted by Gasteiger charge is -2.23. The Labute approximate surface area is 126 Å². The number of hydrogen-bond donors (Lipinski definition) is 0. The zero-order valence-electron chi connectivity index (χ0n) is 11.8. The quantitative estimate of drug-likeness (QED) is 0.352. The van der Waals surface area contributed by atoms with E-state index in [0.717, 1.165) is 36.4 Å². The first-order chi connectivity index (χ1) is 8.72. The summed E-state index contributed by atoms with van der Waals surface area (Å²) in [5, 5.41) is 0. The van der Waals surface area contributed by atoms with Crippen LogP contribution in [0.1, 0.15) is 52.4 Å². The Morgan fingerprint density at radius 2 is 2.28 bits per heavy atom. The molecule has 106 valence electrons. The molecule has 1 fully saturated rings. The highest BCUT2D eigenvalue weighted by atomic mass is 127. The van der Waals surface area contributed by atoms with E-state index in [4.69, 9.17) is 9.47 Å². The van der Waals surface area contributed by atoms with Gasteiger partial charge in [-0.3, -0.25) is 0 Å². The van der Waals surface area contributed by atoms with Gasteiger partial charge in [0.2, 0.25) is 0 Å². The van der Waals surface area contributed by atoms with Crippen molar-refractivity contribution in [1.82, 2.24) is 0 Å². The molecule has 0 N–H and O–H groups in total. The zero-order valence-corrected chi connectivity index (χ0v) is 13.9. The number of hydrogen-bond acceptors (Lipinski definition) is 2. The standard InChI is InChI=1S/C15H27IO2/c1-13(6-5-7-14(2)12-16)9-11-18-15-8-3-4-10-17-15/h7,13,15H,3-6,8-12H2,1-2H3. The van der Waals surface area contributed by atoms with Crippen molar-refractivity contribution >= 4 is 22.6 Å². The minimum Gasteiger partial charge on any atom is -0.353 e. The van der Waals surface area contributed by atoms with E-state index >= 15 is 0 Å². The average Bonchev–Trinajstić information content (AvgIpc) is 2.39. The summed E-state index contributed by atoms with van der Waals surface area (Å²) in [6.07, 6.45) is 9.59. The summed E-state index contributed by atoms with van der Waals surface area (Å²) < 4.78 is 12.5. The Morgan fingerprint density at radius 3 is 2.94 bits per heavy atom. The molecule has 0 radical (unpaired) electrons. The molecule has 0 spiro atoms. The number of rotatable bonds is 8. The van der Waals surface area contributed by atoms with Gasteiger partial charge in [0, 0.05) is 17.6 Å². The zero-order chi connectivity index (χ0) is 13.2. The van der Waals surface area contributed by atoms with Gasteiger partial charge in [0.15, 0.2) is 6.29 Å². The summed E-state index contributed by atoms with van der Waals surface area (Å²) in [6, 6.07) is 0. The molecule has 0 aromatic heterocycles. The van der Waals surface area contributed by atoms with E-state index in [1.165, 1.54) is 31.3 Å². The number of allylic oxidation sites excluding steroid dienone is 2. The van der Waals surface area contributed by atoms with Gasteiger partial charge < -0.3 is 9.47 Å². The molecule has 2 unspecified atom stereocenters. The Morgan fingerprint density at radius 1 is 1.44 bits per heavy atom.